The van der Waals surface area contributed by atoms with Crippen LogP contribution < -0.4 is 10.1 Å². The Morgan fingerprint density at radius 2 is 2.00 bits per heavy atom. The van der Waals surface area contributed by atoms with Crippen molar-refractivity contribution >= 4 is 11.6 Å². The van der Waals surface area contributed by atoms with Crippen molar-refractivity contribution in [2.45, 2.75) is 26.5 Å². The van der Waals surface area contributed by atoms with Crippen LogP contribution >= 0.6 is 11.6 Å². The average Bonchev–Trinajstić information content (AvgIpc) is 2.47. The van der Waals surface area contributed by atoms with E-state index < -0.39 is 0 Å². The molecule has 21 heavy (non-hydrogen) atoms. The Hall–Kier alpha value is -1.71. The molecule has 0 bridgehead atoms. The molecule has 0 aliphatic rings. The number of hydrogen-bond acceptors (Lipinski definition) is 3. The van der Waals surface area contributed by atoms with Gasteiger partial charge in [-0.2, -0.15) is 0 Å². The van der Waals surface area contributed by atoms with E-state index in [-0.39, 0.29) is 5.75 Å². The molecule has 0 aliphatic carbocycles. The number of ether oxygens (including phenoxy) is 1. The lowest BCUT2D eigenvalue weighted by molar-refractivity contribution is 0.301. The van der Waals surface area contributed by atoms with Gasteiger partial charge in [-0.15, -0.1) is 0 Å². The number of benzene rings is 2. The summed E-state index contributed by atoms with van der Waals surface area (Å²) in [5.41, 5.74) is 1.88. The van der Waals surface area contributed by atoms with E-state index in [1.807, 2.05) is 24.3 Å². The van der Waals surface area contributed by atoms with Crippen LogP contribution in [0.3, 0.4) is 0 Å². The quantitative estimate of drug-likeness (QED) is 0.756. The zero-order valence-corrected chi connectivity index (χ0v) is 12.9. The zero-order chi connectivity index (χ0) is 15.1. The molecule has 2 rings (SSSR count). The summed E-state index contributed by atoms with van der Waals surface area (Å²) >= 11 is 6.26. The Balaban J connectivity index is 2.06. The molecule has 0 aromatic heterocycles. The monoisotopic (exact) mass is 305 g/mol. The summed E-state index contributed by atoms with van der Waals surface area (Å²) < 4.78 is 5.85. The first kappa shape index (κ1) is 15.7. The molecule has 0 saturated carbocycles. The number of nitrogens with one attached hydrogen (secondary N) is 1. The van der Waals surface area contributed by atoms with Gasteiger partial charge < -0.3 is 15.2 Å². The van der Waals surface area contributed by atoms with Crippen LogP contribution in [0.5, 0.6) is 11.5 Å². The van der Waals surface area contributed by atoms with Gasteiger partial charge >= 0.3 is 0 Å². The van der Waals surface area contributed by atoms with E-state index in [1.165, 1.54) is 0 Å². The standard InChI is InChI=1S/C17H20ClNO2/c1-2-9-19-11-15-16(18)7-4-8-17(15)21-12-13-5-3-6-14(20)10-13/h3-8,10,19-20H,2,9,11-12H2,1H3. The molecule has 3 nitrogen and oxygen atoms in total. The smallest absolute Gasteiger partial charge is 0.125 e. The SMILES string of the molecule is CCCNCc1c(Cl)cccc1OCc1cccc(O)c1. The highest BCUT2D eigenvalue weighted by atomic mass is 35.5. The first-order chi connectivity index (χ1) is 10.2. The molecule has 0 radical (unpaired) electrons. The van der Waals surface area contributed by atoms with Crippen molar-refractivity contribution in [1.82, 2.24) is 5.32 Å². The van der Waals surface area contributed by atoms with Crippen molar-refractivity contribution in [3.8, 4) is 11.5 Å². The number of rotatable bonds is 7. The molecule has 0 amide bonds. The van der Waals surface area contributed by atoms with Gasteiger partial charge in [0.15, 0.2) is 0 Å². The summed E-state index contributed by atoms with van der Waals surface area (Å²) in [6.07, 6.45) is 1.07. The van der Waals surface area contributed by atoms with Crippen LogP contribution in [-0.2, 0) is 13.2 Å². The fourth-order valence-electron chi connectivity index (χ4n) is 2.04. The van der Waals surface area contributed by atoms with Gasteiger partial charge in [0.05, 0.1) is 0 Å². The molecule has 0 spiro atoms. The third-order valence-corrected chi connectivity index (χ3v) is 3.46. The van der Waals surface area contributed by atoms with Crippen molar-refractivity contribution in [1.29, 1.82) is 0 Å². The Morgan fingerprint density at radius 1 is 1.19 bits per heavy atom. The van der Waals surface area contributed by atoms with Gasteiger partial charge in [0.2, 0.25) is 0 Å². The summed E-state index contributed by atoms with van der Waals surface area (Å²) in [5, 5.41) is 13.5. The van der Waals surface area contributed by atoms with Crippen molar-refractivity contribution < 1.29 is 9.84 Å². The molecule has 0 atom stereocenters. The van der Waals surface area contributed by atoms with Gasteiger partial charge in [0.1, 0.15) is 18.1 Å². The Bertz CT molecular complexity index is 587. The summed E-state index contributed by atoms with van der Waals surface area (Å²) in [4.78, 5) is 0. The topological polar surface area (TPSA) is 41.5 Å². The number of hydrogen-bond donors (Lipinski definition) is 2. The van der Waals surface area contributed by atoms with Crippen molar-refractivity contribution in [2.24, 2.45) is 0 Å². The maximum absolute atomic E-state index is 9.47. The fraction of sp³-hybridized carbons (Fsp3) is 0.294. The Labute approximate surface area is 130 Å². The molecule has 0 aliphatic heterocycles. The second kappa shape index (κ2) is 7.91. The third kappa shape index (κ3) is 4.66. The van der Waals surface area contributed by atoms with Crippen LogP contribution in [0, 0.1) is 0 Å². The van der Waals surface area contributed by atoms with Gasteiger partial charge in [-0.1, -0.05) is 36.7 Å². The minimum atomic E-state index is 0.243. The predicted octanol–water partition coefficient (Wildman–Crippen LogP) is 4.12. The molecular formula is C17H20ClNO2. The highest BCUT2D eigenvalue weighted by Gasteiger charge is 2.08. The van der Waals surface area contributed by atoms with Crippen LogP contribution in [0.25, 0.3) is 0 Å². The molecule has 0 heterocycles. The summed E-state index contributed by atoms with van der Waals surface area (Å²) in [7, 11) is 0. The number of aromatic hydroxyl groups is 1. The van der Waals surface area contributed by atoms with E-state index in [0.29, 0.717) is 18.2 Å². The lowest BCUT2D eigenvalue weighted by Crippen LogP contribution is -2.15. The zero-order valence-electron chi connectivity index (χ0n) is 12.1. The van der Waals surface area contributed by atoms with E-state index >= 15 is 0 Å². The fourth-order valence-corrected chi connectivity index (χ4v) is 2.28. The van der Waals surface area contributed by atoms with Crippen LogP contribution in [0.1, 0.15) is 24.5 Å². The Kier molecular flexibility index (Phi) is 5.90. The third-order valence-electron chi connectivity index (χ3n) is 3.11. The number of phenolic OH excluding ortho intramolecular Hbond substituents is 1. The van der Waals surface area contributed by atoms with Crippen LogP contribution in [0.2, 0.25) is 5.02 Å². The molecule has 112 valence electrons. The minimum Gasteiger partial charge on any atom is -0.508 e. The van der Waals surface area contributed by atoms with Gasteiger partial charge in [-0.3, -0.25) is 0 Å². The van der Waals surface area contributed by atoms with Gasteiger partial charge in [-0.25, -0.2) is 0 Å². The Morgan fingerprint density at radius 3 is 2.76 bits per heavy atom. The van der Waals surface area contributed by atoms with Crippen molar-refractivity contribution in [3.63, 3.8) is 0 Å². The molecule has 2 aromatic rings. The molecule has 4 heteroatoms. The average molecular weight is 306 g/mol. The van der Waals surface area contributed by atoms with Gasteiger partial charge in [-0.05, 0) is 42.8 Å². The lowest BCUT2D eigenvalue weighted by atomic mass is 10.2. The highest BCUT2D eigenvalue weighted by Crippen LogP contribution is 2.27. The molecule has 0 unspecified atom stereocenters. The number of phenols is 1. The maximum atomic E-state index is 9.47. The first-order valence-corrected chi connectivity index (χ1v) is 7.47. The van der Waals surface area contributed by atoms with E-state index in [2.05, 4.69) is 12.2 Å². The normalized spacial score (nSPS) is 10.6. The van der Waals surface area contributed by atoms with E-state index in [1.54, 1.807) is 18.2 Å². The van der Waals surface area contributed by atoms with Crippen LogP contribution in [0.4, 0.5) is 0 Å². The van der Waals surface area contributed by atoms with Crippen LogP contribution in [0.15, 0.2) is 42.5 Å². The molecular weight excluding hydrogens is 286 g/mol. The summed E-state index contributed by atoms with van der Waals surface area (Å²) in [5.74, 6) is 1.02. The highest BCUT2D eigenvalue weighted by molar-refractivity contribution is 6.31. The van der Waals surface area contributed by atoms with E-state index in [4.69, 9.17) is 16.3 Å². The molecule has 2 aromatic carbocycles. The van der Waals surface area contributed by atoms with E-state index in [0.717, 1.165) is 29.8 Å². The van der Waals surface area contributed by atoms with Crippen LogP contribution in [-0.4, -0.2) is 11.7 Å². The summed E-state index contributed by atoms with van der Waals surface area (Å²) in [6, 6.07) is 12.7. The second-order valence-corrected chi connectivity index (χ2v) is 5.26. The summed E-state index contributed by atoms with van der Waals surface area (Å²) in [6.45, 7) is 4.15. The molecule has 2 N–H and O–H groups in total. The molecule has 0 saturated heterocycles. The number of halogens is 1. The second-order valence-electron chi connectivity index (χ2n) is 4.85. The first-order valence-electron chi connectivity index (χ1n) is 7.09. The lowest BCUT2D eigenvalue weighted by Gasteiger charge is -2.13. The molecule has 0 fully saturated rings. The largest absolute Gasteiger partial charge is 0.508 e. The van der Waals surface area contributed by atoms with Gasteiger partial charge in [0, 0.05) is 17.1 Å². The van der Waals surface area contributed by atoms with Crippen molar-refractivity contribution in [3.05, 3.63) is 58.6 Å². The maximum Gasteiger partial charge on any atom is 0.125 e. The minimum absolute atomic E-state index is 0.243. The van der Waals surface area contributed by atoms with Crippen molar-refractivity contribution in [2.75, 3.05) is 6.54 Å². The van der Waals surface area contributed by atoms with Gasteiger partial charge in [0.25, 0.3) is 0 Å². The predicted molar refractivity (Wildman–Crippen MR) is 85.9 cm³/mol. The van der Waals surface area contributed by atoms with E-state index in [9.17, 15) is 5.11 Å².